The first kappa shape index (κ1) is 23.7. The Labute approximate surface area is 199 Å². The van der Waals surface area contributed by atoms with Gasteiger partial charge < -0.3 is 19.5 Å². The predicted octanol–water partition coefficient (Wildman–Crippen LogP) is 3.31. The molecule has 0 aliphatic carbocycles. The molecule has 1 amide bonds. The molecule has 2 aromatic rings. The minimum atomic E-state index is -0.669. The first-order valence-electron chi connectivity index (χ1n) is 11.5. The smallest absolute Gasteiger partial charge is 0.295 e. The zero-order valence-corrected chi connectivity index (χ0v) is 19.4. The standard InChI is InChI=1S/C27H30N2O5/c1-3-15-34-22-10-9-21(18-19(22)2)25(30)23-24(20-7-5-4-6-8-20)29(27(32)26(23)31)12-11-28-13-16-33-17-14-28/h3-10,18,24,30H,1,11-17H2,2H3/t24-/m1/s1. The van der Waals surface area contributed by atoms with Crippen molar-refractivity contribution in [3.8, 4) is 5.75 Å². The summed E-state index contributed by atoms with van der Waals surface area (Å²) in [5, 5.41) is 11.3. The highest BCUT2D eigenvalue weighted by Gasteiger charge is 2.46. The van der Waals surface area contributed by atoms with E-state index < -0.39 is 17.7 Å². The van der Waals surface area contributed by atoms with E-state index >= 15 is 0 Å². The molecule has 7 heteroatoms. The Morgan fingerprint density at radius 2 is 1.88 bits per heavy atom. The second kappa shape index (κ2) is 10.7. The number of aryl methyl sites for hydroxylation is 1. The summed E-state index contributed by atoms with van der Waals surface area (Å²) in [6.07, 6.45) is 1.66. The third kappa shape index (κ3) is 4.90. The molecule has 2 aromatic carbocycles. The van der Waals surface area contributed by atoms with Crippen LogP contribution in [0.5, 0.6) is 5.75 Å². The molecule has 0 bridgehead atoms. The monoisotopic (exact) mass is 462 g/mol. The number of hydrogen-bond donors (Lipinski definition) is 1. The van der Waals surface area contributed by atoms with E-state index in [-0.39, 0.29) is 11.3 Å². The molecule has 0 saturated carbocycles. The molecule has 2 aliphatic heterocycles. The van der Waals surface area contributed by atoms with Gasteiger partial charge in [0.25, 0.3) is 11.7 Å². The van der Waals surface area contributed by atoms with Crippen molar-refractivity contribution in [1.82, 2.24) is 9.80 Å². The average molecular weight is 463 g/mol. The van der Waals surface area contributed by atoms with Crippen LogP contribution < -0.4 is 4.74 Å². The summed E-state index contributed by atoms with van der Waals surface area (Å²) in [4.78, 5) is 30.1. The van der Waals surface area contributed by atoms with Crippen molar-refractivity contribution in [2.75, 3.05) is 46.0 Å². The number of nitrogens with zero attached hydrogens (tertiary/aromatic N) is 2. The van der Waals surface area contributed by atoms with Crippen LogP contribution in [0, 0.1) is 6.92 Å². The molecule has 178 valence electrons. The Morgan fingerprint density at radius 3 is 2.56 bits per heavy atom. The van der Waals surface area contributed by atoms with Gasteiger partial charge in [0, 0.05) is 31.7 Å². The Hall–Kier alpha value is -3.42. The summed E-state index contributed by atoms with van der Waals surface area (Å²) < 4.78 is 11.0. The lowest BCUT2D eigenvalue weighted by molar-refractivity contribution is -0.140. The molecule has 2 fully saturated rings. The number of benzene rings is 2. The average Bonchev–Trinajstić information content (AvgIpc) is 3.12. The van der Waals surface area contributed by atoms with Crippen LogP contribution in [-0.2, 0) is 14.3 Å². The molecule has 2 saturated heterocycles. The van der Waals surface area contributed by atoms with Crippen LogP contribution in [0.4, 0.5) is 0 Å². The fourth-order valence-corrected chi connectivity index (χ4v) is 4.43. The molecule has 2 heterocycles. The van der Waals surface area contributed by atoms with E-state index in [1.807, 2.05) is 37.3 Å². The van der Waals surface area contributed by atoms with Crippen LogP contribution in [-0.4, -0.2) is 72.6 Å². The lowest BCUT2D eigenvalue weighted by atomic mass is 9.95. The highest BCUT2D eigenvalue weighted by atomic mass is 16.5. The largest absolute Gasteiger partial charge is 0.507 e. The molecule has 0 aromatic heterocycles. The summed E-state index contributed by atoms with van der Waals surface area (Å²) in [5.41, 5.74) is 2.17. The SMILES string of the molecule is C=CCOc1ccc(C(O)=C2C(=O)C(=O)N(CCN3CCOCC3)[C@@H]2c2ccccc2)cc1C. The Balaban J connectivity index is 1.70. The number of ketones is 1. The number of aliphatic hydroxyl groups excluding tert-OH is 1. The molecule has 34 heavy (non-hydrogen) atoms. The summed E-state index contributed by atoms with van der Waals surface area (Å²) in [7, 11) is 0. The highest BCUT2D eigenvalue weighted by Crippen LogP contribution is 2.39. The van der Waals surface area contributed by atoms with Crippen LogP contribution in [0.15, 0.2) is 66.8 Å². The number of aliphatic hydroxyl groups is 1. The molecule has 0 radical (unpaired) electrons. The van der Waals surface area contributed by atoms with Crippen molar-refractivity contribution in [1.29, 1.82) is 0 Å². The summed E-state index contributed by atoms with van der Waals surface area (Å²) in [6, 6.07) is 13.9. The third-order valence-electron chi connectivity index (χ3n) is 6.22. The fraction of sp³-hybridized carbons (Fsp3) is 0.333. The number of carbonyl (C=O) groups is 2. The van der Waals surface area contributed by atoms with Crippen LogP contribution in [0.3, 0.4) is 0 Å². The van der Waals surface area contributed by atoms with Gasteiger partial charge in [0.05, 0.1) is 24.8 Å². The maximum atomic E-state index is 13.2. The van der Waals surface area contributed by atoms with E-state index in [0.717, 1.165) is 24.2 Å². The molecule has 7 nitrogen and oxygen atoms in total. The zero-order valence-electron chi connectivity index (χ0n) is 19.4. The van der Waals surface area contributed by atoms with Crippen LogP contribution in [0.2, 0.25) is 0 Å². The summed E-state index contributed by atoms with van der Waals surface area (Å²) >= 11 is 0. The topological polar surface area (TPSA) is 79.3 Å². The molecule has 2 aliphatic rings. The minimum Gasteiger partial charge on any atom is -0.507 e. The van der Waals surface area contributed by atoms with Crippen molar-refractivity contribution >= 4 is 17.4 Å². The van der Waals surface area contributed by atoms with Crippen LogP contribution >= 0.6 is 0 Å². The molecule has 1 N–H and O–H groups in total. The molecular weight excluding hydrogens is 432 g/mol. The number of amides is 1. The van der Waals surface area contributed by atoms with E-state index in [0.29, 0.717) is 44.2 Å². The molecule has 1 atom stereocenters. The number of likely N-dealkylation sites (tertiary alicyclic amines) is 1. The first-order chi connectivity index (χ1) is 16.5. The quantitative estimate of drug-likeness (QED) is 0.281. The number of carbonyl (C=O) groups excluding carboxylic acids is 2. The lowest BCUT2D eigenvalue weighted by Gasteiger charge is -2.31. The maximum Gasteiger partial charge on any atom is 0.295 e. The maximum absolute atomic E-state index is 13.2. The van der Waals surface area contributed by atoms with Gasteiger partial charge >= 0.3 is 0 Å². The van der Waals surface area contributed by atoms with Gasteiger partial charge in [-0.2, -0.15) is 0 Å². The van der Waals surface area contributed by atoms with E-state index in [1.54, 1.807) is 29.2 Å². The van der Waals surface area contributed by atoms with Crippen molar-refractivity contribution in [3.63, 3.8) is 0 Å². The molecular formula is C27H30N2O5. The van der Waals surface area contributed by atoms with Gasteiger partial charge in [-0.3, -0.25) is 14.5 Å². The van der Waals surface area contributed by atoms with Gasteiger partial charge in [-0.05, 0) is 36.2 Å². The third-order valence-corrected chi connectivity index (χ3v) is 6.22. The second-order valence-corrected chi connectivity index (χ2v) is 8.44. The number of ether oxygens (including phenoxy) is 2. The van der Waals surface area contributed by atoms with E-state index in [2.05, 4.69) is 11.5 Å². The van der Waals surface area contributed by atoms with Gasteiger partial charge in [-0.15, -0.1) is 0 Å². The highest BCUT2D eigenvalue weighted by molar-refractivity contribution is 6.46. The van der Waals surface area contributed by atoms with Crippen LogP contribution in [0.1, 0.15) is 22.7 Å². The Kier molecular flexibility index (Phi) is 7.45. The number of morpholine rings is 1. The van der Waals surface area contributed by atoms with E-state index in [4.69, 9.17) is 9.47 Å². The Bertz CT molecular complexity index is 1090. The Morgan fingerprint density at radius 1 is 1.15 bits per heavy atom. The van der Waals surface area contributed by atoms with Gasteiger partial charge in [0.15, 0.2) is 0 Å². The van der Waals surface area contributed by atoms with E-state index in [1.165, 1.54) is 0 Å². The summed E-state index contributed by atoms with van der Waals surface area (Å²) in [6.45, 7) is 9.81. The first-order valence-corrected chi connectivity index (χ1v) is 11.5. The normalized spacial score (nSPS) is 20.5. The minimum absolute atomic E-state index is 0.109. The van der Waals surface area contributed by atoms with Gasteiger partial charge in [-0.1, -0.05) is 43.0 Å². The molecule has 0 unspecified atom stereocenters. The second-order valence-electron chi connectivity index (χ2n) is 8.44. The van der Waals surface area contributed by atoms with Crippen LogP contribution in [0.25, 0.3) is 5.76 Å². The van der Waals surface area contributed by atoms with Crippen molar-refractivity contribution < 1.29 is 24.2 Å². The van der Waals surface area contributed by atoms with Crippen molar-refractivity contribution in [2.24, 2.45) is 0 Å². The van der Waals surface area contributed by atoms with Crippen molar-refractivity contribution in [3.05, 3.63) is 83.4 Å². The summed E-state index contributed by atoms with van der Waals surface area (Å²) in [5.74, 6) is -0.772. The lowest BCUT2D eigenvalue weighted by Crippen LogP contribution is -2.42. The molecule has 4 rings (SSSR count). The number of rotatable bonds is 8. The number of Topliss-reactive ketones (excluding diaryl/α,β-unsaturated/α-hetero) is 1. The predicted molar refractivity (Wildman–Crippen MR) is 130 cm³/mol. The van der Waals surface area contributed by atoms with Gasteiger partial charge in [0.2, 0.25) is 0 Å². The van der Waals surface area contributed by atoms with Gasteiger partial charge in [-0.25, -0.2) is 0 Å². The fourth-order valence-electron chi connectivity index (χ4n) is 4.43. The zero-order chi connectivity index (χ0) is 24.1. The van der Waals surface area contributed by atoms with Gasteiger partial charge in [0.1, 0.15) is 18.1 Å². The molecule has 0 spiro atoms. The van der Waals surface area contributed by atoms with E-state index in [9.17, 15) is 14.7 Å². The number of hydrogen-bond acceptors (Lipinski definition) is 6. The van der Waals surface area contributed by atoms with Crippen molar-refractivity contribution in [2.45, 2.75) is 13.0 Å².